The van der Waals surface area contributed by atoms with Gasteiger partial charge in [0, 0.05) is 6.04 Å². The van der Waals surface area contributed by atoms with Gasteiger partial charge in [0.1, 0.15) is 0 Å². The van der Waals surface area contributed by atoms with Gasteiger partial charge in [-0.05, 0) is 25.7 Å². The largest absolute Gasteiger partial charge is 0.390 e. The molecule has 0 radical (unpaired) electrons. The molecule has 0 unspecified atom stereocenters. The second-order valence-corrected chi connectivity index (χ2v) is 4.34. The van der Waals surface area contributed by atoms with Gasteiger partial charge in [-0.3, -0.25) is 0 Å². The van der Waals surface area contributed by atoms with E-state index in [1.54, 1.807) is 0 Å². The normalized spacial score (nSPS) is 17.8. The molecule has 0 aliphatic carbocycles. The van der Waals surface area contributed by atoms with Crippen LogP contribution in [-0.4, -0.2) is 28.5 Å². The van der Waals surface area contributed by atoms with Gasteiger partial charge in [0.25, 0.3) is 0 Å². The maximum atomic E-state index is 9.68. The summed E-state index contributed by atoms with van der Waals surface area (Å²) in [5, 5.41) is 19.3. The minimum Gasteiger partial charge on any atom is -0.390 e. The number of nitrogens with two attached hydrogens (primary N) is 1. The van der Waals surface area contributed by atoms with Crippen molar-refractivity contribution in [3.63, 3.8) is 0 Å². The lowest BCUT2D eigenvalue weighted by molar-refractivity contribution is 0.00548. The molecular formula is C15H27NO2. The van der Waals surface area contributed by atoms with E-state index in [1.807, 2.05) is 31.2 Å². The smallest absolute Gasteiger partial charge is 0.0952 e. The van der Waals surface area contributed by atoms with Crippen LogP contribution in [0, 0.1) is 0 Å². The Morgan fingerprint density at radius 1 is 1.00 bits per heavy atom. The Bertz CT molecular complexity index is 272. The van der Waals surface area contributed by atoms with Crippen molar-refractivity contribution in [2.24, 2.45) is 5.73 Å². The molecule has 0 saturated carbocycles. The molecule has 0 aliphatic heterocycles. The Labute approximate surface area is 111 Å². The lowest BCUT2D eigenvalue weighted by Crippen LogP contribution is -2.42. The van der Waals surface area contributed by atoms with Gasteiger partial charge in [-0.15, -0.1) is 0 Å². The molecule has 0 saturated heterocycles. The first-order chi connectivity index (χ1) is 8.63. The zero-order chi connectivity index (χ0) is 13.8. The molecular weight excluding hydrogens is 226 g/mol. The Morgan fingerprint density at radius 3 is 2.28 bits per heavy atom. The van der Waals surface area contributed by atoms with E-state index in [9.17, 15) is 10.2 Å². The second-order valence-electron chi connectivity index (χ2n) is 4.34. The fourth-order valence-electron chi connectivity index (χ4n) is 1.46. The predicted molar refractivity (Wildman–Crippen MR) is 77.2 cm³/mol. The molecule has 0 fully saturated rings. The molecule has 3 heteroatoms. The maximum Gasteiger partial charge on any atom is 0.0952 e. The molecule has 0 rings (SSSR count). The van der Waals surface area contributed by atoms with Crippen molar-refractivity contribution in [2.75, 3.05) is 0 Å². The number of aliphatic hydroxyl groups is 2. The van der Waals surface area contributed by atoms with Crippen LogP contribution in [0.2, 0.25) is 0 Å². The third kappa shape index (κ3) is 8.23. The Hall–Kier alpha value is -0.900. The zero-order valence-corrected chi connectivity index (χ0v) is 11.5. The van der Waals surface area contributed by atoms with Crippen LogP contribution in [0.15, 0.2) is 36.5 Å². The Kier molecular flexibility index (Phi) is 10.6. The van der Waals surface area contributed by atoms with Crippen molar-refractivity contribution in [1.29, 1.82) is 0 Å². The van der Waals surface area contributed by atoms with Gasteiger partial charge in [-0.25, -0.2) is 0 Å². The molecule has 0 amide bonds. The van der Waals surface area contributed by atoms with Gasteiger partial charge >= 0.3 is 0 Å². The average Bonchev–Trinajstić information content (AvgIpc) is 2.39. The molecule has 0 spiro atoms. The highest BCUT2D eigenvalue weighted by molar-refractivity contribution is 5.05. The van der Waals surface area contributed by atoms with Gasteiger partial charge < -0.3 is 15.9 Å². The van der Waals surface area contributed by atoms with E-state index >= 15 is 0 Å². The van der Waals surface area contributed by atoms with Crippen LogP contribution in [0.5, 0.6) is 0 Å². The fourth-order valence-corrected chi connectivity index (χ4v) is 1.46. The Balaban J connectivity index is 3.84. The predicted octanol–water partition coefficient (Wildman–Crippen LogP) is 2.30. The van der Waals surface area contributed by atoms with Crippen molar-refractivity contribution in [3.05, 3.63) is 36.5 Å². The molecule has 0 aromatic heterocycles. The van der Waals surface area contributed by atoms with Gasteiger partial charge in [0.2, 0.25) is 0 Å². The number of rotatable bonds is 9. The first kappa shape index (κ1) is 17.1. The van der Waals surface area contributed by atoms with E-state index in [-0.39, 0.29) is 6.04 Å². The van der Waals surface area contributed by atoms with Crippen molar-refractivity contribution in [2.45, 2.75) is 57.8 Å². The lowest BCUT2D eigenvalue weighted by Gasteiger charge is -2.21. The van der Waals surface area contributed by atoms with Gasteiger partial charge in [-0.1, -0.05) is 50.3 Å². The summed E-state index contributed by atoms with van der Waals surface area (Å²) >= 11 is 0. The van der Waals surface area contributed by atoms with Crippen LogP contribution in [0.1, 0.15) is 39.5 Å². The summed E-state index contributed by atoms with van der Waals surface area (Å²) in [7, 11) is 0. The lowest BCUT2D eigenvalue weighted by atomic mass is 10.0. The van der Waals surface area contributed by atoms with E-state index in [0.29, 0.717) is 12.8 Å². The third-order valence-electron chi connectivity index (χ3n) is 2.74. The van der Waals surface area contributed by atoms with Crippen LogP contribution >= 0.6 is 0 Å². The van der Waals surface area contributed by atoms with Crippen LogP contribution < -0.4 is 5.73 Å². The number of hydrogen-bond acceptors (Lipinski definition) is 3. The van der Waals surface area contributed by atoms with Crippen molar-refractivity contribution in [3.8, 4) is 0 Å². The standard InChI is InChI=1S/C15H27NO2/c1-3-5-6-7-8-9-10-11-12-14(17)15(18)13(16)4-2/h5-6,8-11,13-15,17-18H,3-4,7,12,16H2,1-2H3/b6-5+,9-8+,11-10+/t13-,14+,15-/m0/s1. The molecule has 0 heterocycles. The van der Waals surface area contributed by atoms with E-state index in [4.69, 9.17) is 5.73 Å². The summed E-state index contributed by atoms with van der Waals surface area (Å²) < 4.78 is 0. The highest BCUT2D eigenvalue weighted by Gasteiger charge is 2.20. The van der Waals surface area contributed by atoms with Crippen molar-refractivity contribution < 1.29 is 10.2 Å². The van der Waals surface area contributed by atoms with Gasteiger partial charge in [0.05, 0.1) is 12.2 Å². The fraction of sp³-hybridized carbons (Fsp3) is 0.600. The third-order valence-corrected chi connectivity index (χ3v) is 2.74. The molecule has 18 heavy (non-hydrogen) atoms. The molecule has 0 bridgehead atoms. The monoisotopic (exact) mass is 253 g/mol. The van der Waals surface area contributed by atoms with E-state index in [2.05, 4.69) is 19.1 Å². The highest BCUT2D eigenvalue weighted by atomic mass is 16.3. The topological polar surface area (TPSA) is 66.5 Å². The minimum absolute atomic E-state index is 0.358. The first-order valence-electron chi connectivity index (χ1n) is 6.71. The van der Waals surface area contributed by atoms with Gasteiger partial charge in [-0.2, -0.15) is 0 Å². The maximum absolute atomic E-state index is 9.68. The average molecular weight is 253 g/mol. The highest BCUT2D eigenvalue weighted by Crippen LogP contribution is 2.06. The molecule has 104 valence electrons. The summed E-state index contributed by atoms with van der Waals surface area (Å²) in [5.74, 6) is 0. The molecule has 3 nitrogen and oxygen atoms in total. The van der Waals surface area contributed by atoms with Crippen molar-refractivity contribution in [1.82, 2.24) is 0 Å². The SMILES string of the molecule is CC/C=C/C/C=C/C=C/C[C@@H](O)[C@@H](O)[C@@H](N)CC. The number of hydrogen-bond donors (Lipinski definition) is 3. The summed E-state index contributed by atoms with van der Waals surface area (Å²) in [6.07, 6.45) is 13.4. The molecule has 0 aromatic rings. The van der Waals surface area contributed by atoms with Crippen LogP contribution in [0.3, 0.4) is 0 Å². The van der Waals surface area contributed by atoms with E-state index < -0.39 is 12.2 Å². The van der Waals surface area contributed by atoms with E-state index in [1.165, 1.54) is 0 Å². The summed E-state index contributed by atoms with van der Waals surface area (Å²) in [5.41, 5.74) is 5.66. The quantitative estimate of drug-likeness (QED) is 0.436. The second kappa shape index (κ2) is 11.2. The minimum atomic E-state index is -0.851. The molecule has 0 aromatic carbocycles. The zero-order valence-electron chi connectivity index (χ0n) is 11.5. The Morgan fingerprint density at radius 2 is 1.67 bits per heavy atom. The van der Waals surface area contributed by atoms with Crippen LogP contribution in [0.25, 0.3) is 0 Å². The number of allylic oxidation sites excluding steroid dienone is 5. The van der Waals surface area contributed by atoms with Crippen molar-refractivity contribution >= 4 is 0 Å². The first-order valence-corrected chi connectivity index (χ1v) is 6.71. The summed E-state index contributed by atoms with van der Waals surface area (Å²) in [6, 6.07) is -0.358. The summed E-state index contributed by atoms with van der Waals surface area (Å²) in [6.45, 7) is 4.00. The number of aliphatic hydroxyl groups excluding tert-OH is 2. The van der Waals surface area contributed by atoms with Crippen LogP contribution in [-0.2, 0) is 0 Å². The van der Waals surface area contributed by atoms with E-state index in [0.717, 1.165) is 12.8 Å². The molecule has 3 atom stereocenters. The van der Waals surface area contributed by atoms with Crippen LogP contribution in [0.4, 0.5) is 0 Å². The molecule has 4 N–H and O–H groups in total. The van der Waals surface area contributed by atoms with Gasteiger partial charge in [0.15, 0.2) is 0 Å². The molecule has 0 aliphatic rings. The summed E-state index contributed by atoms with van der Waals surface area (Å²) in [4.78, 5) is 0.